The van der Waals surface area contributed by atoms with Crippen LogP contribution in [0.25, 0.3) is 0 Å². The van der Waals surface area contributed by atoms with Crippen LogP contribution in [0.2, 0.25) is 0 Å². The number of ether oxygens (including phenoxy) is 1. The van der Waals surface area contributed by atoms with E-state index in [0.717, 1.165) is 19.3 Å². The summed E-state index contributed by atoms with van der Waals surface area (Å²) in [6.45, 7) is 2.51. The lowest BCUT2D eigenvalue weighted by atomic mass is 10.1. The Kier molecular flexibility index (Phi) is 6.11. The number of nitrogens with zero attached hydrogens (tertiary/aromatic N) is 2. The third-order valence-corrected chi connectivity index (χ3v) is 5.46. The Labute approximate surface area is 156 Å². The summed E-state index contributed by atoms with van der Waals surface area (Å²) in [5.74, 6) is -7.07. The molecule has 1 aromatic rings. The molecule has 6 nitrogen and oxygen atoms in total. The maximum Gasteiger partial charge on any atom is 0.458 e. The molecule has 0 aromatic carbocycles. The van der Waals surface area contributed by atoms with E-state index in [1.165, 1.54) is 6.92 Å². The number of carbonyl (C=O) groups is 2. The average molecular weight is 407 g/mol. The first-order valence-corrected chi connectivity index (χ1v) is 8.83. The van der Waals surface area contributed by atoms with Crippen molar-refractivity contribution in [2.24, 2.45) is 0 Å². The minimum absolute atomic E-state index is 0.123. The van der Waals surface area contributed by atoms with Gasteiger partial charge in [0.1, 0.15) is 11.1 Å². The maximum atomic E-state index is 14.0. The minimum atomic E-state index is -5.61. The lowest BCUT2D eigenvalue weighted by Gasteiger charge is -2.26. The fraction of sp³-hybridized carbons (Fsp3) is 0.562. The first-order chi connectivity index (χ1) is 12.6. The quantitative estimate of drug-likeness (QED) is 0.776. The molecule has 0 radical (unpaired) electrons. The van der Waals surface area contributed by atoms with E-state index in [4.69, 9.17) is 0 Å². The molecule has 0 unspecified atom stereocenters. The lowest BCUT2D eigenvalue weighted by molar-refractivity contribution is -0.305. The van der Waals surface area contributed by atoms with E-state index in [9.17, 15) is 32.4 Å². The lowest BCUT2D eigenvalue weighted by Crippen LogP contribution is -2.52. The third-order valence-electron chi connectivity index (χ3n) is 4.26. The number of piperidine rings is 1. The number of amides is 2. The highest BCUT2D eigenvalue weighted by Crippen LogP contribution is 2.38. The number of anilines is 1. The van der Waals surface area contributed by atoms with Gasteiger partial charge in [-0.3, -0.25) is 9.59 Å². The maximum absolute atomic E-state index is 14.0. The summed E-state index contributed by atoms with van der Waals surface area (Å²) in [4.78, 5) is 26.2. The van der Waals surface area contributed by atoms with Crippen molar-refractivity contribution < 1.29 is 31.9 Å². The summed E-state index contributed by atoms with van der Waals surface area (Å²) in [5.41, 5.74) is 0.0385. The molecular formula is C16H17F4N3O3S. The van der Waals surface area contributed by atoms with Crippen LogP contribution in [0.4, 0.5) is 22.6 Å². The standard InChI is InChI=1S/C16H17F4N3O3S/c1-9-10(8-21)12(22-14(25)15(17,26-2)16(18,19)20)27-11(9)13(24)23-6-4-3-5-7-23/h3-7H2,1-2H3,(H,22,25)/t15-/m0/s1. The Morgan fingerprint density at radius 3 is 2.30 bits per heavy atom. The SMILES string of the molecule is CO[C@@](F)(C(=O)Nc1sc(C(=O)N2CCCCC2)c(C)c1C#N)C(F)(F)F. The van der Waals surface area contributed by atoms with Crippen molar-refractivity contribution in [1.82, 2.24) is 4.90 Å². The van der Waals surface area contributed by atoms with Crippen LogP contribution in [0.3, 0.4) is 0 Å². The molecule has 1 N–H and O–H groups in total. The summed E-state index contributed by atoms with van der Waals surface area (Å²) in [6.07, 6.45) is -2.97. The number of halogens is 4. The second-order valence-corrected chi connectivity index (χ2v) is 7.00. The van der Waals surface area contributed by atoms with Crippen molar-refractivity contribution in [1.29, 1.82) is 5.26 Å². The number of nitriles is 1. The Morgan fingerprint density at radius 1 is 1.22 bits per heavy atom. The first-order valence-electron chi connectivity index (χ1n) is 8.01. The van der Waals surface area contributed by atoms with E-state index in [1.807, 2.05) is 0 Å². The number of rotatable bonds is 4. The van der Waals surface area contributed by atoms with Gasteiger partial charge in [0.25, 0.3) is 5.91 Å². The second-order valence-electron chi connectivity index (χ2n) is 5.98. The van der Waals surface area contributed by atoms with E-state index in [2.05, 4.69) is 4.74 Å². The smallest absolute Gasteiger partial charge is 0.338 e. The number of methoxy groups -OCH3 is 1. The summed E-state index contributed by atoms with van der Waals surface area (Å²) in [6, 6.07) is 1.74. The van der Waals surface area contributed by atoms with Gasteiger partial charge in [-0.2, -0.15) is 22.8 Å². The van der Waals surface area contributed by atoms with E-state index in [0.29, 0.717) is 31.5 Å². The second kappa shape index (κ2) is 7.82. The molecule has 1 atom stereocenters. The zero-order valence-electron chi connectivity index (χ0n) is 14.6. The highest BCUT2D eigenvalue weighted by atomic mass is 32.1. The first kappa shape index (κ1) is 21.1. The number of likely N-dealkylation sites (tertiary alicyclic amines) is 1. The number of hydrogen-bond donors (Lipinski definition) is 1. The topological polar surface area (TPSA) is 82.4 Å². The molecular weight excluding hydrogens is 390 g/mol. The van der Waals surface area contributed by atoms with E-state index in [-0.39, 0.29) is 26.9 Å². The van der Waals surface area contributed by atoms with Gasteiger partial charge in [0.2, 0.25) is 0 Å². The molecule has 1 aliphatic heterocycles. The summed E-state index contributed by atoms with van der Waals surface area (Å²) >= 11 is 0.643. The Balaban J connectivity index is 2.34. The number of nitrogens with one attached hydrogen (secondary N) is 1. The van der Waals surface area contributed by atoms with Crippen LogP contribution in [0.1, 0.15) is 40.1 Å². The number of hydrogen-bond acceptors (Lipinski definition) is 5. The van der Waals surface area contributed by atoms with Gasteiger partial charge in [0.15, 0.2) is 0 Å². The number of carbonyl (C=O) groups excluding carboxylic acids is 2. The molecule has 148 valence electrons. The van der Waals surface area contributed by atoms with Crippen molar-refractivity contribution in [3.05, 3.63) is 16.0 Å². The van der Waals surface area contributed by atoms with Crippen LogP contribution in [-0.2, 0) is 9.53 Å². The normalized spacial score (nSPS) is 17.1. The molecule has 2 amide bonds. The molecule has 1 aromatic heterocycles. The number of thiophene rings is 1. The van der Waals surface area contributed by atoms with Gasteiger partial charge in [-0.25, -0.2) is 0 Å². The number of alkyl halides is 4. The third kappa shape index (κ3) is 3.91. The van der Waals surface area contributed by atoms with Gasteiger partial charge in [-0.15, -0.1) is 11.3 Å². The van der Waals surface area contributed by atoms with Gasteiger partial charge < -0.3 is 15.0 Å². The zero-order valence-corrected chi connectivity index (χ0v) is 15.4. The minimum Gasteiger partial charge on any atom is -0.338 e. The predicted molar refractivity (Wildman–Crippen MR) is 89.1 cm³/mol. The molecule has 2 heterocycles. The molecule has 2 rings (SSSR count). The highest BCUT2D eigenvalue weighted by Gasteiger charge is 2.63. The molecule has 1 aliphatic rings. The van der Waals surface area contributed by atoms with Crippen LogP contribution in [0.5, 0.6) is 0 Å². The fourth-order valence-electron chi connectivity index (χ4n) is 2.70. The summed E-state index contributed by atoms with van der Waals surface area (Å²) < 4.78 is 56.2. The van der Waals surface area contributed by atoms with Crippen LogP contribution in [-0.4, -0.2) is 48.9 Å². The monoisotopic (exact) mass is 407 g/mol. The molecule has 0 saturated carbocycles. The molecule has 1 saturated heterocycles. The Morgan fingerprint density at radius 2 is 1.81 bits per heavy atom. The average Bonchev–Trinajstić information content (AvgIpc) is 2.95. The molecule has 1 fully saturated rings. The van der Waals surface area contributed by atoms with Crippen molar-refractivity contribution in [2.45, 2.75) is 38.2 Å². The Bertz CT molecular complexity index is 781. The van der Waals surface area contributed by atoms with Crippen LogP contribution < -0.4 is 5.32 Å². The van der Waals surface area contributed by atoms with E-state index >= 15 is 0 Å². The van der Waals surface area contributed by atoms with Crippen molar-refractivity contribution >= 4 is 28.2 Å². The zero-order chi connectivity index (χ0) is 20.4. The van der Waals surface area contributed by atoms with E-state index < -0.39 is 17.9 Å². The molecule has 27 heavy (non-hydrogen) atoms. The van der Waals surface area contributed by atoms with Gasteiger partial charge in [0, 0.05) is 20.2 Å². The molecule has 0 aliphatic carbocycles. The Hall–Kier alpha value is -2.19. The van der Waals surface area contributed by atoms with Crippen LogP contribution >= 0.6 is 11.3 Å². The summed E-state index contributed by atoms with van der Waals surface area (Å²) in [5, 5.41) is 10.7. The van der Waals surface area contributed by atoms with Gasteiger partial charge in [-0.1, -0.05) is 0 Å². The largest absolute Gasteiger partial charge is 0.458 e. The van der Waals surface area contributed by atoms with Crippen LogP contribution in [0, 0.1) is 18.3 Å². The fourth-order valence-corrected chi connectivity index (χ4v) is 3.82. The highest BCUT2D eigenvalue weighted by molar-refractivity contribution is 7.18. The van der Waals surface area contributed by atoms with Gasteiger partial charge in [-0.05, 0) is 31.7 Å². The van der Waals surface area contributed by atoms with Crippen molar-refractivity contribution in [2.75, 3.05) is 25.5 Å². The van der Waals surface area contributed by atoms with E-state index in [1.54, 1.807) is 16.3 Å². The molecule has 11 heteroatoms. The van der Waals surface area contributed by atoms with Crippen molar-refractivity contribution in [3.63, 3.8) is 0 Å². The molecule has 0 spiro atoms. The summed E-state index contributed by atoms with van der Waals surface area (Å²) in [7, 11) is 0.406. The van der Waals surface area contributed by atoms with Gasteiger partial charge in [0.05, 0.1) is 10.4 Å². The van der Waals surface area contributed by atoms with Crippen LogP contribution in [0.15, 0.2) is 0 Å². The van der Waals surface area contributed by atoms with Gasteiger partial charge >= 0.3 is 17.9 Å². The van der Waals surface area contributed by atoms with Crippen molar-refractivity contribution in [3.8, 4) is 6.07 Å². The molecule has 0 bridgehead atoms. The predicted octanol–water partition coefficient (Wildman–Crippen LogP) is 3.37.